The number of benzene rings is 2. The van der Waals surface area contributed by atoms with Gasteiger partial charge in [-0.25, -0.2) is 5.06 Å². The quantitative estimate of drug-likeness (QED) is 0.786. The van der Waals surface area contributed by atoms with Gasteiger partial charge < -0.3 is 0 Å². The first-order chi connectivity index (χ1) is 9.11. The molecule has 0 aliphatic carbocycles. The first kappa shape index (κ1) is 13.6. The van der Waals surface area contributed by atoms with Crippen LogP contribution in [-0.4, -0.2) is 25.1 Å². The van der Waals surface area contributed by atoms with Gasteiger partial charge in [-0.3, -0.25) is 9.63 Å². The molecule has 0 aliphatic rings. The molecule has 0 spiro atoms. The van der Waals surface area contributed by atoms with Crippen molar-refractivity contribution in [3.63, 3.8) is 0 Å². The Hall–Kier alpha value is -1.87. The maximum absolute atomic E-state index is 11.8. The molecule has 1 unspecified atom stereocenters. The average molecular weight is 257 g/mol. The van der Waals surface area contributed by atoms with E-state index in [-0.39, 0.29) is 11.8 Å². The van der Waals surface area contributed by atoms with Crippen LogP contribution in [0.15, 0.2) is 42.5 Å². The van der Waals surface area contributed by atoms with E-state index < -0.39 is 0 Å². The Morgan fingerprint density at radius 1 is 1.21 bits per heavy atom. The summed E-state index contributed by atoms with van der Waals surface area (Å²) in [5.41, 5.74) is 1.18. The molecule has 0 aliphatic heterocycles. The lowest BCUT2D eigenvalue weighted by molar-refractivity contribution is -0.169. The van der Waals surface area contributed by atoms with E-state index in [4.69, 9.17) is 4.84 Å². The van der Waals surface area contributed by atoms with Crippen LogP contribution in [0.5, 0.6) is 0 Å². The van der Waals surface area contributed by atoms with Crippen LogP contribution < -0.4 is 0 Å². The summed E-state index contributed by atoms with van der Waals surface area (Å²) < 4.78 is 0. The molecule has 1 atom stereocenters. The van der Waals surface area contributed by atoms with Crippen LogP contribution in [0.1, 0.15) is 24.8 Å². The predicted octanol–water partition coefficient (Wildman–Crippen LogP) is 3.35. The largest absolute Gasteiger partial charge is 0.275 e. The summed E-state index contributed by atoms with van der Waals surface area (Å²) in [6, 6.07) is 14.6. The molecule has 2 aromatic rings. The summed E-state index contributed by atoms with van der Waals surface area (Å²) in [4.78, 5) is 16.7. The number of hydrogen-bond donors (Lipinski definition) is 0. The van der Waals surface area contributed by atoms with Gasteiger partial charge in [-0.15, -0.1) is 0 Å². The number of carbonyl (C=O) groups excluding carboxylic acids is 1. The summed E-state index contributed by atoms with van der Waals surface area (Å²) >= 11 is 0. The molecule has 0 N–H and O–H groups in total. The lowest BCUT2D eigenvalue weighted by Gasteiger charge is -2.17. The van der Waals surface area contributed by atoms with Crippen LogP contribution in [0.2, 0.25) is 0 Å². The Balaban J connectivity index is 2.17. The van der Waals surface area contributed by atoms with Crippen molar-refractivity contribution in [1.29, 1.82) is 0 Å². The van der Waals surface area contributed by atoms with E-state index in [1.165, 1.54) is 28.5 Å². The standard InChI is InChI=1S/C16H19NO2/c1-12(10-16(18)17(2)19-3)14-9-8-13-6-4-5-7-15(13)11-14/h4-9,11-12H,10H2,1-3H3. The molecule has 2 rings (SSSR count). The third-order valence-electron chi connectivity index (χ3n) is 3.45. The minimum Gasteiger partial charge on any atom is -0.275 e. The van der Waals surface area contributed by atoms with E-state index in [1.54, 1.807) is 7.05 Å². The third kappa shape index (κ3) is 3.12. The van der Waals surface area contributed by atoms with Crippen molar-refractivity contribution in [1.82, 2.24) is 5.06 Å². The summed E-state index contributed by atoms with van der Waals surface area (Å²) in [5.74, 6) is 0.165. The van der Waals surface area contributed by atoms with Gasteiger partial charge >= 0.3 is 0 Å². The topological polar surface area (TPSA) is 29.5 Å². The van der Waals surface area contributed by atoms with Crippen molar-refractivity contribution in [2.45, 2.75) is 19.3 Å². The smallest absolute Gasteiger partial charge is 0.246 e. The molecule has 0 fully saturated rings. The zero-order chi connectivity index (χ0) is 13.8. The second-order valence-corrected chi connectivity index (χ2v) is 4.79. The Morgan fingerprint density at radius 3 is 2.58 bits per heavy atom. The van der Waals surface area contributed by atoms with Crippen LogP contribution in [0.4, 0.5) is 0 Å². The van der Waals surface area contributed by atoms with Crippen molar-refractivity contribution in [2.24, 2.45) is 0 Å². The van der Waals surface area contributed by atoms with E-state index in [0.717, 1.165) is 0 Å². The lowest BCUT2D eigenvalue weighted by Crippen LogP contribution is -2.26. The van der Waals surface area contributed by atoms with Crippen molar-refractivity contribution >= 4 is 16.7 Å². The number of rotatable bonds is 4. The average Bonchev–Trinajstić information content (AvgIpc) is 2.45. The number of hydroxylamine groups is 2. The molecule has 19 heavy (non-hydrogen) atoms. The summed E-state index contributed by atoms with van der Waals surface area (Å²) in [5, 5.41) is 3.70. The lowest BCUT2D eigenvalue weighted by atomic mass is 9.95. The molecule has 0 aromatic heterocycles. The second-order valence-electron chi connectivity index (χ2n) is 4.79. The highest BCUT2D eigenvalue weighted by molar-refractivity contribution is 5.83. The van der Waals surface area contributed by atoms with Gasteiger partial charge in [-0.1, -0.05) is 49.4 Å². The van der Waals surface area contributed by atoms with Crippen LogP contribution in [0, 0.1) is 0 Å². The maximum Gasteiger partial charge on any atom is 0.246 e. The molecule has 0 saturated carbocycles. The first-order valence-electron chi connectivity index (χ1n) is 6.41. The number of hydrogen-bond acceptors (Lipinski definition) is 2. The van der Waals surface area contributed by atoms with Gasteiger partial charge in [0.2, 0.25) is 5.91 Å². The van der Waals surface area contributed by atoms with Gasteiger partial charge in [-0.2, -0.15) is 0 Å². The van der Waals surface area contributed by atoms with E-state index in [0.29, 0.717) is 6.42 Å². The zero-order valence-electron chi connectivity index (χ0n) is 11.6. The van der Waals surface area contributed by atoms with Crippen molar-refractivity contribution < 1.29 is 9.63 Å². The Bertz CT molecular complexity index is 580. The SMILES string of the molecule is CON(C)C(=O)CC(C)c1ccc2ccccc2c1. The van der Waals surface area contributed by atoms with Crippen molar-refractivity contribution in [2.75, 3.05) is 14.2 Å². The third-order valence-corrected chi connectivity index (χ3v) is 3.45. The number of fused-ring (bicyclic) bond motifs is 1. The molecular weight excluding hydrogens is 238 g/mol. The minimum absolute atomic E-state index is 0.0110. The van der Waals surface area contributed by atoms with Crippen LogP contribution in [0.25, 0.3) is 10.8 Å². The normalized spacial score (nSPS) is 12.4. The molecule has 100 valence electrons. The molecule has 0 bridgehead atoms. The minimum atomic E-state index is -0.0110. The van der Waals surface area contributed by atoms with Gasteiger partial charge in [-0.05, 0) is 22.3 Å². The van der Waals surface area contributed by atoms with E-state index in [9.17, 15) is 4.79 Å². The highest BCUT2D eigenvalue weighted by Crippen LogP contribution is 2.24. The summed E-state index contributed by atoms with van der Waals surface area (Å²) in [6.07, 6.45) is 0.447. The molecule has 0 radical (unpaired) electrons. The van der Waals surface area contributed by atoms with Crippen LogP contribution in [-0.2, 0) is 9.63 Å². The molecule has 1 amide bonds. The van der Waals surface area contributed by atoms with E-state index in [2.05, 4.69) is 37.3 Å². The van der Waals surface area contributed by atoms with Crippen molar-refractivity contribution in [3.05, 3.63) is 48.0 Å². The number of amides is 1. The molecular formula is C16H19NO2. The highest BCUT2D eigenvalue weighted by Gasteiger charge is 2.14. The second kappa shape index (κ2) is 5.85. The molecule has 2 aromatic carbocycles. The van der Waals surface area contributed by atoms with Gasteiger partial charge in [0.05, 0.1) is 7.11 Å². The monoisotopic (exact) mass is 257 g/mol. The Morgan fingerprint density at radius 2 is 1.89 bits per heavy atom. The van der Waals surface area contributed by atoms with Gasteiger partial charge in [0.25, 0.3) is 0 Å². The number of nitrogens with zero attached hydrogens (tertiary/aromatic N) is 1. The summed E-state index contributed by atoms with van der Waals surface area (Å²) in [7, 11) is 3.13. The molecule has 3 heteroatoms. The summed E-state index contributed by atoms with van der Waals surface area (Å²) in [6.45, 7) is 2.06. The molecule has 0 saturated heterocycles. The molecule has 3 nitrogen and oxygen atoms in total. The fourth-order valence-corrected chi connectivity index (χ4v) is 2.12. The maximum atomic E-state index is 11.8. The number of carbonyl (C=O) groups is 1. The van der Waals surface area contributed by atoms with Crippen LogP contribution in [0.3, 0.4) is 0 Å². The Labute approximate surface area is 113 Å². The van der Waals surface area contributed by atoms with E-state index >= 15 is 0 Å². The zero-order valence-corrected chi connectivity index (χ0v) is 11.6. The van der Waals surface area contributed by atoms with Gasteiger partial charge in [0.15, 0.2) is 0 Å². The molecule has 0 heterocycles. The fourth-order valence-electron chi connectivity index (χ4n) is 2.12. The fraction of sp³-hybridized carbons (Fsp3) is 0.312. The Kier molecular flexibility index (Phi) is 4.17. The van der Waals surface area contributed by atoms with Gasteiger partial charge in [0.1, 0.15) is 0 Å². The predicted molar refractivity (Wildman–Crippen MR) is 76.8 cm³/mol. The van der Waals surface area contributed by atoms with Gasteiger partial charge in [0, 0.05) is 13.5 Å². The highest BCUT2D eigenvalue weighted by atomic mass is 16.7. The van der Waals surface area contributed by atoms with E-state index in [1.807, 2.05) is 12.1 Å². The van der Waals surface area contributed by atoms with Crippen LogP contribution >= 0.6 is 0 Å². The first-order valence-corrected chi connectivity index (χ1v) is 6.41. The van der Waals surface area contributed by atoms with Crippen molar-refractivity contribution in [3.8, 4) is 0 Å².